The van der Waals surface area contributed by atoms with E-state index in [0.29, 0.717) is 12.0 Å². The lowest BCUT2D eigenvalue weighted by atomic mass is 10.0. The van der Waals surface area contributed by atoms with Gasteiger partial charge in [0.05, 0.1) is 0 Å². The molecule has 1 unspecified atom stereocenters. The predicted octanol–water partition coefficient (Wildman–Crippen LogP) is 3.34. The molecular weight excluding hydrogens is 253 g/mol. The smallest absolute Gasteiger partial charge is 0.324 e. The summed E-state index contributed by atoms with van der Waals surface area (Å²) in [5, 5.41) is 0. The zero-order chi connectivity index (χ0) is 13.9. The molecule has 2 rings (SSSR count). The van der Waals surface area contributed by atoms with Gasteiger partial charge in [-0.25, -0.2) is 0 Å². The summed E-state index contributed by atoms with van der Waals surface area (Å²) in [5.74, 6) is 0. The van der Waals surface area contributed by atoms with E-state index < -0.39 is 11.9 Å². The van der Waals surface area contributed by atoms with Gasteiger partial charge in [-0.2, -0.15) is 13.2 Å². The maximum Gasteiger partial charge on any atom is 0.433 e. The Balaban J connectivity index is 2.08. The molecule has 0 aliphatic heterocycles. The fourth-order valence-corrected chi connectivity index (χ4v) is 1.78. The molecule has 2 nitrogen and oxygen atoms in total. The molecule has 2 N–H and O–H groups in total. The molecule has 0 saturated carbocycles. The third-order valence-electron chi connectivity index (χ3n) is 2.80. The quantitative estimate of drug-likeness (QED) is 0.925. The van der Waals surface area contributed by atoms with Crippen LogP contribution in [0.15, 0.2) is 48.7 Å². The van der Waals surface area contributed by atoms with Crippen LogP contribution in [0.3, 0.4) is 0 Å². The number of nitrogens with two attached hydrogens (primary N) is 1. The van der Waals surface area contributed by atoms with Crippen LogP contribution in [0.25, 0.3) is 0 Å². The summed E-state index contributed by atoms with van der Waals surface area (Å²) in [4.78, 5) is 3.42. The minimum atomic E-state index is -4.40. The summed E-state index contributed by atoms with van der Waals surface area (Å²) in [5.41, 5.74) is 6.75. The molecule has 1 heterocycles. The minimum Gasteiger partial charge on any atom is -0.324 e. The number of rotatable bonds is 3. The molecule has 5 heteroatoms. The molecule has 0 aliphatic carbocycles. The third-order valence-corrected chi connectivity index (χ3v) is 2.80. The number of aromatic nitrogens is 1. The minimum absolute atomic E-state index is 0.250. The van der Waals surface area contributed by atoms with Gasteiger partial charge in [0.2, 0.25) is 0 Å². The van der Waals surface area contributed by atoms with E-state index in [-0.39, 0.29) is 6.04 Å². The maximum absolute atomic E-state index is 12.4. The second-order valence-electron chi connectivity index (χ2n) is 4.27. The molecule has 0 spiro atoms. The lowest BCUT2D eigenvalue weighted by molar-refractivity contribution is -0.141. The fourth-order valence-electron chi connectivity index (χ4n) is 1.78. The monoisotopic (exact) mass is 266 g/mol. The molecule has 0 amide bonds. The zero-order valence-electron chi connectivity index (χ0n) is 10.1. The summed E-state index contributed by atoms with van der Waals surface area (Å²) >= 11 is 0. The Morgan fingerprint density at radius 3 is 2.26 bits per heavy atom. The van der Waals surface area contributed by atoms with Gasteiger partial charge in [-0.1, -0.05) is 36.4 Å². The van der Waals surface area contributed by atoms with Crippen molar-refractivity contribution in [3.8, 4) is 0 Å². The van der Waals surface area contributed by atoms with Crippen LogP contribution < -0.4 is 5.73 Å². The molecule has 0 fully saturated rings. The van der Waals surface area contributed by atoms with Crippen molar-refractivity contribution in [2.75, 3.05) is 0 Å². The van der Waals surface area contributed by atoms with Gasteiger partial charge in [0, 0.05) is 12.2 Å². The number of pyridine rings is 1. The Hall–Kier alpha value is -1.88. The van der Waals surface area contributed by atoms with Gasteiger partial charge in [0.1, 0.15) is 5.69 Å². The molecule has 100 valence electrons. The highest BCUT2D eigenvalue weighted by atomic mass is 19.4. The Bertz CT molecular complexity index is 521. The van der Waals surface area contributed by atoms with Gasteiger partial charge in [-0.3, -0.25) is 4.98 Å². The standard InChI is InChI=1S/C14H13F3N2/c15-14(16,17)13-7-6-10(9-19-13)8-12(18)11-4-2-1-3-5-11/h1-7,9,12H,8,18H2. The van der Waals surface area contributed by atoms with Crippen molar-refractivity contribution in [2.24, 2.45) is 5.73 Å². The SMILES string of the molecule is NC(Cc1ccc(C(F)(F)F)nc1)c1ccccc1. The molecular formula is C14H13F3N2. The van der Waals surface area contributed by atoms with Gasteiger partial charge < -0.3 is 5.73 Å². The number of benzene rings is 1. The molecule has 19 heavy (non-hydrogen) atoms. The number of alkyl halides is 3. The van der Waals surface area contributed by atoms with E-state index in [1.807, 2.05) is 30.3 Å². The van der Waals surface area contributed by atoms with Crippen LogP contribution in [0.1, 0.15) is 22.9 Å². The molecule has 1 aromatic heterocycles. The Morgan fingerprint density at radius 1 is 1.05 bits per heavy atom. The Labute approximate surface area is 109 Å². The second kappa shape index (κ2) is 5.40. The highest BCUT2D eigenvalue weighted by Crippen LogP contribution is 2.27. The number of halogens is 3. The van der Waals surface area contributed by atoms with E-state index in [9.17, 15) is 13.2 Å². The van der Waals surface area contributed by atoms with Gasteiger partial charge in [0.25, 0.3) is 0 Å². The highest BCUT2D eigenvalue weighted by Gasteiger charge is 2.32. The lowest BCUT2D eigenvalue weighted by Crippen LogP contribution is -2.14. The van der Waals surface area contributed by atoms with Crippen molar-refractivity contribution < 1.29 is 13.2 Å². The summed E-state index contributed by atoms with van der Waals surface area (Å²) in [7, 11) is 0. The average molecular weight is 266 g/mol. The van der Waals surface area contributed by atoms with E-state index in [0.717, 1.165) is 11.6 Å². The maximum atomic E-state index is 12.4. The topological polar surface area (TPSA) is 38.9 Å². The summed E-state index contributed by atoms with van der Waals surface area (Å²) < 4.78 is 37.1. The molecule has 0 aliphatic rings. The first-order valence-electron chi connectivity index (χ1n) is 5.79. The molecule has 2 aromatic rings. The van der Waals surface area contributed by atoms with E-state index >= 15 is 0 Å². The molecule has 1 atom stereocenters. The van der Waals surface area contributed by atoms with E-state index in [4.69, 9.17) is 5.73 Å². The van der Waals surface area contributed by atoms with Crippen molar-refractivity contribution >= 4 is 0 Å². The molecule has 0 saturated heterocycles. The first-order valence-corrected chi connectivity index (χ1v) is 5.79. The van der Waals surface area contributed by atoms with Crippen LogP contribution in [-0.4, -0.2) is 4.98 Å². The van der Waals surface area contributed by atoms with Crippen molar-refractivity contribution in [3.63, 3.8) is 0 Å². The van der Waals surface area contributed by atoms with Gasteiger partial charge in [-0.05, 0) is 23.6 Å². The van der Waals surface area contributed by atoms with Gasteiger partial charge in [0.15, 0.2) is 0 Å². The number of nitrogens with zero attached hydrogens (tertiary/aromatic N) is 1. The van der Waals surface area contributed by atoms with Crippen molar-refractivity contribution in [1.29, 1.82) is 0 Å². The van der Waals surface area contributed by atoms with Crippen LogP contribution in [0.5, 0.6) is 0 Å². The van der Waals surface area contributed by atoms with E-state index in [1.165, 1.54) is 12.3 Å². The van der Waals surface area contributed by atoms with Crippen molar-refractivity contribution in [2.45, 2.75) is 18.6 Å². The normalized spacial score (nSPS) is 13.3. The molecule has 0 radical (unpaired) electrons. The largest absolute Gasteiger partial charge is 0.433 e. The summed E-state index contributed by atoms with van der Waals surface area (Å²) in [6.45, 7) is 0. The highest BCUT2D eigenvalue weighted by molar-refractivity contribution is 5.23. The lowest BCUT2D eigenvalue weighted by Gasteiger charge is -2.12. The average Bonchev–Trinajstić information content (AvgIpc) is 2.39. The van der Waals surface area contributed by atoms with Crippen molar-refractivity contribution in [1.82, 2.24) is 4.98 Å². The second-order valence-corrected chi connectivity index (χ2v) is 4.27. The first kappa shape index (κ1) is 13.5. The van der Waals surface area contributed by atoms with E-state index in [1.54, 1.807) is 0 Å². The van der Waals surface area contributed by atoms with Crippen LogP contribution in [-0.2, 0) is 12.6 Å². The van der Waals surface area contributed by atoms with Crippen molar-refractivity contribution in [3.05, 3.63) is 65.5 Å². The van der Waals surface area contributed by atoms with E-state index in [2.05, 4.69) is 4.98 Å². The summed E-state index contributed by atoms with van der Waals surface area (Å²) in [6, 6.07) is 11.6. The first-order chi connectivity index (χ1) is 8.97. The van der Waals surface area contributed by atoms with Crippen LogP contribution in [0.2, 0.25) is 0 Å². The number of hydrogen-bond donors (Lipinski definition) is 1. The Morgan fingerprint density at radius 2 is 1.74 bits per heavy atom. The van der Waals surface area contributed by atoms with Gasteiger partial charge in [-0.15, -0.1) is 0 Å². The predicted molar refractivity (Wildman–Crippen MR) is 66.3 cm³/mol. The molecule has 0 bridgehead atoms. The van der Waals surface area contributed by atoms with Gasteiger partial charge >= 0.3 is 6.18 Å². The Kier molecular flexibility index (Phi) is 3.85. The fraction of sp³-hybridized carbons (Fsp3) is 0.214. The summed E-state index contributed by atoms with van der Waals surface area (Å²) in [6.07, 6.45) is -2.72. The van der Waals surface area contributed by atoms with Crippen LogP contribution >= 0.6 is 0 Å². The third kappa shape index (κ3) is 3.54. The zero-order valence-corrected chi connectivity index (χ0v) is 10.1. The van der Waals surface area contributed by atoms with Crippen LogP contribution in [0.4, 0.5) is 13.2 Å². The van der Waals surface area contributed by atoms with Crippen LogP contribution in [0, 0.1) is 0 Å². The molecule has 1 aromatic carbocycles. The number of hydrogen-bond acceptors (Lipinski definition) is 2.